The summed E-state index contributed by atoms with van der Waals surface area (Å²) in [5.41, 5.74) is 5.13. The van der Waals surface area contributed by atoms with Gasteiger partial charge in [-0.15, -0.1) is 0 Å². The van der Waals surface area contributed by atoms with Crippen molar-refractivity contribution < 1.29 is 13.2 Å². The van der Waals surface area contributed by atoms with Crippen LogP contribution in [0.1, 0.15) is 18.3 Å². The molecular weight excluding hydrogens is 305 g/mol. The molecule has 0 aliphatic carbocycles. The molecule has 0 bridgehead atoms. The lowest BCUT2D eigenvalue weighted by molar-refractivity contribution is -0.137. The van der Waals surface area contributed by atoms with Gasteiger partial charge in [0.25, 0.3) is 0 Å². The molecule has 0 aliphatic rings. The third kappa shape index (κ3) is 3.75. The average molecular weight is 317 g/mol. The maximum atomic E-state index is 12.6. The smallest absolute Gasteiger partial charge is 0.384 e. The van der Waals surface area contributed by atoms with Crippen LogP contribution in [0.15, 0.2) is 24.3 Å². The zero-order valence-electron chi connectivity index (χ0n) is 11.0. The van der Waals surface area contributed by atoms with Crippen LogP contribution < -0.4 is 11.1 Å². The summed E-state index contributed by atoms with van der Waals surface area (Å²) < 4.78 is 37.7. The number of rotatable bonds is 3. The van der Waals surface area contributed by atoms with E-state index in [1.165, 1.54) is 12.1 Å². The third-order valence-corrected chi connectivity index (χ3v) is 2.98. The number of nitrogens with one attached hydrogen (secondary N) is 1. The molecule has 0 saturated heterocycles. The van der Waals surface area contributed by atoms with Crippen molar-refractivity contribution in [2.45, 2.75) is 19.5 Å². The Hall–Kier alpha value is -2.02. The fraction of sp³-hybridized carbons (Fsp3) is 0.231. The molecule has 3 N–H and O–H groups in total. The van der Waals surface area contributed by atoms with Crippen LogP contribution in [0.4, 0.5) is 30.5 Å². The number of hydrogen-bond donors (Lipinski definition) is 2. The van der Waals surface area contributed by atoms with E-state index in [2.05, 4.69) is 15.3 Å². The Balaban J connectivity index is 2.30. The summed E-state index contributed by atoms with van der Waals surface area (Å²) in [6.07, 6.45) is -3.85. The molecule has 0 atom stereocenters. The minimum Gasteiger partial charge on any atom is -0.384 e. The van der Waals surface area contributed by atoms with E-state index in [1.54, 1.807) is 0 Å². The summed E-state index contributed by atoms with van der Waals surface area (Å²) in [6.45, 7) is 1.86. The van der Waals surface area contributed by atoms with Gasteiger partial charge in [0.1, 0.15) is 17.5 Å². The number of anilines is 3. The second kappa shape index (κ2) is 5.77. The molecule has 2 rings (SSSR count). The number of hydrogen-bond acceptors (Lipinski definition) is 4. The number of nitrogen functional groups attached to an aromatic ring is 1. The highest BCUT2D eigenvalue weighted by molar-refractivity contribution is 6.33. The maximum absolute atomic E-state index is 12.6. The summed E-state index contributed by atoms with van der Waals surface area (Å²) in [4.78, 5) is 8.18. The van der Waals surface area contributed by atoms with Crippen molar-refractivity contribution >= 4 is 28.9 Å². The Morgan fingerprint density at radius 3 is 2.52 bits per heavy atom. The Labute approximate surface area is 124 Å². The molecule has 1 aromatic carbocycles. The van der Waals surface area contributed by atoms with E-state index in [0.29, 0.717) is 23.8 Å². The summed E-state index contributed by atoms with van der Waals surface area (Å²) in [7, 11) is 0. The molecule has 4 nitrogen and oxygen atoms in total. The van der Waals surface area contributed by atoms with Gasteiger partial charge in [0, 0.05) is 12.5 Å². The first kappa shape index (κ1) is 15.4. The SMILES string of the molecule is CCc1nc(N)cc(Nc2ccc(C(F)(F)F)cc2Cl)n1. The normalized spacial score (nSPS) is 11.5. The molecule has 0 unspecified atom stereocenters. The highest BCUT2D eigenvalue weighted by Gasteiger charge is 2.30. The molecule has 0 aliphatic heterocycles. The minimum atomic E-state index is -4.43. The van der Waals surface area contributed by atoms with E-state index in [1.807, 2.05) is 6.92 Å². The Morgan fingerprint density at radius 1 is 1.24 bits per heavy atom. The molecule has 21 heavy (non-hydrogen) atoms. The van der Waals surface area contributed by atoms with Crippen LogP contribution in [0.25, 0.3) is 0 Å². The lowest BCUT2D eigenvalue weighted by atomic mass is 10.2. The second-order valence-corrected chi connectivity index (χ2v) is 4.67. The van der Waals surface area contributed by atoms with Gasteiger partial charge in [-0.2, -0.15) is 13.2 Å². The highest BCUT2D eigenvalue weighted by atomic mass is 35.5. The van der Waals surface area contributed by atoms with Crippen molar-refractivity contribution in [1.82, 2.24) is 9.97 Å². The molecule has 1 aromatic heterocycles. The van der Waals surface area contributed by atoms with Crippen LogP contribution in [0.3, 0.4) is 0 Å². The second-order valence-electron chi connectivity index (χ2n) is 4.27. The largest absolute Gasteiger partial charge is 0.416 e. The lowest BCUT2D eigenvalue weighted by Gasteiger charge is -2.12. The molecule has 2 aromatic rings. The molecule has 0 saturated carbocycles. The maximum Gasteiger partial charge on any atom is 0.416 e. The van der Waals surface area contributed by atoms with Crippen LogP contribution in [0.2, 0.25) is 5.02 Å². The van der Waals surface area contributed by atoms with Gasteiger partial charge < -0.3 is 11.1 Å². The molecule has 0 fully saturated rings. The summed E-state index contributed by atoms with van der Waals surface area (Å²) >= 11 is 5.86. The molecular formula is C13H12ClF3N4. The first-order valence-corrected chi connectivity index (χ1v) is 6.44. The standard InChI is InChI=1S/C13H12ClF3N4/c1-2-11-20-10(18)6-12(21-11)19-9-4-3-7(5-8(9)14)13(15,16)17/h3-6H,2H2,1H3,(H3,18,19,20,21). The summed E-state index contributed by atoms with van der Waals surface area (Å²) in [6, 6.07) is 4.52. The van der Waals surface area contributed by atoms with Gasteiger partial charge in [-0.05, 0) is 18.2 Å². The van der Waals surface area contributed by atoms with E-state index in [4.69, 9.17) is 17.3 Å². The third-order valence-electron chi connectivity index (χ3n) is 2.67. The number of halogens is 4. The molecule has 8 heteroatoms. The Morgan fingerprint density at radius 2 is 1.95 bits per heavy atom. The van der Waals surface area contributed by atoms with Gasteiger partial charge in [-0.1, -0.05) is 18.5 Å². The van der Waals surface area contributed by atoms with Crippen LogP contribution in [-0.4, -0.2) is 9.97 Å². The van der Waals surface area contributed by atoms with Crippen LogP contribution in [0.5, 0.6) is 0 Å². The van der Waals surface area contributed by atoms with E-state index < -0.39 is 11.7 Å². The quantitative estimate of drug-likeness (QED) is 0.897. The molecule has 0 radical (unpaired) electrons. The number of aromatic nitrogens is 2. The predicted molar refractivity (Wildman–Crippen MR) is 75.6 cm³/mol. The molecule has 0 spiro atoms. The van der Waals surface area contributed by atoms with Crippen molar-refractivity contribution in [3.8, 4) is 0 Å². The van der Waals surface area contributed by atoms with Gasteiger partial charge in [0.15, 0.2) is 0 Å². The zero-order valence-corrected chi connectivity index (χ0v) is 11.8. The van der Waals surface area contributed by atoms with Crippen molar-refractivity contribution in [3.05, 3.63) is 40.7 Å². The van der Waals surface area contributed by atoms with Gasteiger partial charge in [0.2, 0.25) is 0 Å². The van der Waals surface area contributed by atoms with E-state index in [-0.39, 0.29) is 10.8 Å². The number of nitrogens with two attached hydrogens (primary N) is 1. The Kier molecular flexibility index (Phi) is 4.22. The first-order valence-electron chi connectivity index (χ1n) is 6.07. The van der Waals surface area contributed by atoms with E-state index in [0.717, 1.165) is 12.1 Å². The predicted octanol–water partition coefficient (Wildman–Crippen LogP) is 4.04. The molecule has 112 valence electrons. The number of benzene rings is 1. The topological polar surface area (TPSA) is 63.8 Å². The van der Waals surface area contributed by atoms with Gasteiger partial charge in [-0.25, -0.2) is 9.97 Å². The van der Waals surface area contributed by atoms with Gasteiger partial charge in [0.05, 0.1) is 16.3 Å². The zero-order chi connectivity index (χ0) is 15.6. The summed E-state index contributed by atoms with van der Waals surface area (Å²) in [5.74, 6) is 1.17. The van der Waals surface area contributed by atoms with Crippen molar-refractivity contribution in [1.29, 1.82) is 0 Å². The number of aryl methyl sites for hydroxylation is 1. The van der Waals surface area contributed by atoms with Crippen molar-refractivity contribution in [2.75, 3.05) is 11.1 Å². The molecule has 1 heterocycles. The monoisotopic (exact) mass is 316 g/mol. The Bertz CT molecular complexity index is 658. The van der Waals surface area contributed by atoms with Gasteiger partial charge >= 0.3 is 6.18 Å². The minimum absolute atomic E-state index is 0.0555. The van der Waals surface area contributed by atoms with Gasteiger partial charge in [-0.3, -0.25) is 0 Å². The first-order chi connectivity index (χ1) is 9.79. The summed E-state index contributed by atoms with van der Waals surface area (Å²) in [5, 5.41) is 2.78. The van der Waals surface area contributed by atoms with E-state index >= 15 is 0 Å². The van der Waals surface area contributed by atoms with Crippen LogP contribution in [-0.2, 0) is 12.6 Å². The fourth-order valence-electron chi connectivity index (χ4n) is 1.67. The van der Waals surface area contributed by atoms with Crippen molar-refractivity contribution in [3.63, 3.8) is 0 Å². The van der Waals surface area contributed by atoms with E-state index in [9.17, 15) is 13.2 Å². The van der Waals surface area contributed by atoms with Crippen molar-refractivity contribution in [2.24, 2.45) is 0 Å². The number of nitrogens with zero attached hydrogens (tertiary/aromatic N) is 2. The number of alkyl halides is 3. The highest BCUT2D eigenvalue weighted by Crippen LogP contribution is 2.34. The lowest BCUT2D eigenvalue weighted by Crippen LogP contribution is -2.06. The molecule has 0 amide bonds. The fourth-order valence-corrected chi connectivity index (χ4v) is 1.90. The van der Waals surface area contributed by atoms with Crippen LogP contribution >= 0.6 is 11.6 Å². The average Bonchev–Trinajstić information content (AvgIpc) is 2.39. The van der Waals surface area contributed by atoms with Crippen LogP contribution in [0, 0.1) is 0 Å².